The Balaban J connectivity index is 3.07. The van der Waals surface area contributed by atoms with Crippen LogP contribution in [-0.4, -0.2) is 18.7 Å². The van der Waals surface area contributed by atoms with Gasteiger partial charge in [-0.25, -0.2) is 4.39 Å². The summed E-state index contributed by atoms with van der Waals surface area (Å²) >= 11 is 0. The number of rotatable bonds is 4. The van der Waals surface area contributed by atoms with E-state index in [1.807, 2.05) is 0 Å². The van der Waals surface area contributed by atoms with E-state index in [0.29, 0.717) is 17.8 Å². The van der Waals surface area contributed by atoms with Crippen LogP contribution >= 0.6 is 0 Å². The molecule has 0 radical (unpaired) electrons. The monoisotopic (exact) mass is 236 g/mol. The highest BCUT2D eigenvalue weighted by molar-refractivity contribution is 5.55. The van der Waals surface area contributed by atoms with E-state index in [-0.39, 0.29) is 11.7 Å². The molecule has 1 aromatic carbocycles. The van der Waals surface area contributed by atoms with Crippen molar-refractivity contribution in [3.63, 3.8) is 0 Å². The van der Waals surface area contributed by atoms with Crippen molar-refractivity contribution in [1.29, 1.82) is 5.26 Å². The third-order valence-electron chi connectivity index (χ3n) is 2.62. The number of aliphatic hydroxyl groups excluding tert-OH is 1. The molecule has 0 saturated heterocycles. The number of nitriles is 1. The first-order valence-corrected chi connectivity index (χ1v) is 5.54. The third-order valence-corrected chi connectivity index (χ3v) is 2.62. The molecule has 92 valence electrons. The summed E-state index contributed by atoms with van der Waals surface area (Å²) in [7, 11) is 1.72. The quantitative estimate of drug-likeness (QED) is 0.873. The van der Waals surface area contributed by atoms with Crippen LogP contribution in [0.25, 0.3) is 0 Å². The molecule has 0 fully saturated rings. The van der Waals surface area contributed by atoms with Crippen LogP contribution in [0.4, 0.5) is 10.1 Å². The average molecular weight is 236 g/mol. The Morgan fingerprint density at radius 2 is 2.12 bits per heavy atom. The molecule has 0 saturated carbocycles. The molecule has 0 aliphatic carbocycles. The zero-order valence-electron chi connectivity index (χ0n) is 10.3. The third kappa shape index (κ3) is 3.18. The second kappa shape index (κ2) is 5.65. The van der Waals surface area contributed by atoms with Crippen molar-refractivity contribution in [2.45, 2.75) is 20.0 Å². The molecule has 1 rings (SSSR count). The first-order chi connectivity index (χ1) is 7.97. The number of halogens is 1. The predicted molar refractivity (Wildman–Crippen MR) is 65.1 cm³/mol. The van der Waals surface area contributed by atoms with Crippen molar-refractivity contribution in [3.05, 3.63) is 29.6 Å². The lowest BCUT2D eigenvalue weighted by molar-refractivity contribution is 0.199. The van der Waals surface area contributed by atoms with Crippen molar-refractivity contribution in [3.8, 4) is 6.07 Å². The van der Waals surface area contributed by atoms with Gasteiger partial charge in [0, 0.05) is 19.2 Å². The number of nitrogens with zero attached hydrogens (tertiary/aromatic N) is 2. The lowest BCUT2D eigenvalue weighted by Crippen LogP contribution is -2.25. The summed E-state index contributed by atoms with van der Waals surface area (Å²) < 4.78 is 13.8. The largest absolute Gasteiger partial charge is 0.389 e. The fourth-order valence-corrected chi connectivity index (χ4v) is 1.81. The van der Waals surface area contributed by atoms with Crippen LogP contribution in [0.5, 0.6) is 0 Å². The summed E-state index contributed by atoms with van der Waals surface area (Å²) in [6, 6.07) is 6.73. The molecule has 0 aromatic heterocycles. The van der Waals surface area contributed by atoms with Gasteiger partial charge in [0.05, 0.1) is 23.8 Å². The zero-order valence-corrected chi connectivity index (χ0v) is 10.3. The second-order valence-corrected chi connectivity index (χ2v) is 4.26. The first kappa shape index (κ1) is 13.5. The molecule has 1 unspecified atom stereocenters. The Morgan fingerprint density at radius 3 is 2.65 bits per heavy atom. The van der Waals surface area contributed by atoms with Crippen LogP contribution in [0.1, 0.15) is 25.5 Å². The number of benzene rings is 1. The summed E-state index contributed by atoms with van der Waals surface area (Å²) in [5.74, 6) is -0.572. The van der Waals surface area contributed by atoms with Crippen LogP contribution in [0.2, 0.25) is 0 Å². The molecule has 2 atom stereocenters. The predicted octanol–water partition coefficient (Wildman–Crippen LogP) is 2.47. The number of hydrogen-bond acceptors (Lipinski definition) is 3. The standard InChI is InChI=1S/C13H17FN2O/c1-9(7-15)8-16(3)13-11(10(2)17)5-4-6-12(13)14/h4-6,9-10,17H,8H2,1-3H3/t9?,10-/m0/s1. The Morgan fingerprint density at radius 1 is 1.47 bits per heavy atom. The topological polar surface area (TPSA) is 47.3 Å². The van der Waals surface area contributed by atoms with Gasteiger partial charge in [0.25, 0.3) is 0 Å². The molecule has 0 bridgehead atoms. The molecule has 3 nitrogen and oxygen atoms in total. The van der Waals surface area contributed by atoms with Crippen LogP contribution in [0.15, 0.2) is 18.2 Å². The normalized spacial score (nSPS) is 13.9. The molecular weight excluding hydrogens is 219 g/mol. The summed E-state index contributed by atoms with van der Waals surface area (Å²) in [5.41, 5.74) is 0.905. The zero-order chi connectivity index (χ0) is 13.0. The van der Waals surface area contributed by atoms with Gasteiger partial charge >= 0.3 is 0 Å². The highest BCUT2D eigenvalue weighted by atomic mass is 19.1. The molecule has 17 heavy (non-hydrogen) atoms. The van der Waals surface area contributed by atoms with Crippen molar-refractivity contribution >= 4 is 5.69 Å². The van der Waals surface area contributed by atoms with Crippen molar-refractivity contribution in [1.82, 2.24) is 0 Å². The van der Waals surface area contributed by atoms with Gasteiger partial charge in [-0.2, -0.15) is 5.26 Å². The number of para-hydroxylation sites is 1. The maximum atomic E-state index is 13.8. The van der Waals surface area contributed by atoms with Crippen LogP contribution < -0.4 is 4.90 Å². The van der Waals surface area contributed by atoms with Crippen molar-refractivity contribution in [2.75, 3.05) is 18.5 Å². The van der Waals surface area contributed by atoms with Gasteiger partial charge in [-0.15, -0.1) is 0 Å². The van der Waals surface area contributed by atoms with Gasteiger partial charge in [0.1, 0.15) is 5.82 Å². The molecule has 0 aliphatic rings. The van der Waals surface area contributed by atoms with Gasteiger partial charge in [0.2, 0.25) is 0 Å². The van der Waals surface area contributed by atoms with Crippen molar-refractivity contribution in [2.24, 2.45) is 5.92 Å². The second-order valence-electron chi connectivity index (χ2n) is 4.26. The molecule has 1 N–H and O–H groups in total. The number of aliphatic hydroxyl groups is 1. The maximum Gasteiger partial charge on any atom is 0.146 e. The van der Waals surface area contributed by atoms with E-state index in [0.717, 1.165) is 0 Å². The number of hydrogen-bond donors (Lipinski definition) is 1. The van der Waals surface area contributed by atoms with Crippen LogP contribution in [0, 0.1) is 23.1 Å². The summed E-state index contributed by atoms with van der Waals surface area (Å²) in [5, 5.41) is 18.4. The highest BCUT2D eigenvalue weighted by Gasteiger charge is 2.17. The lowest BCUT2D eigenvalue weighted by Gasteiger charge is -2.25. The van der Waals surface area contributed by atoms with E-state index in [1.54, 1.807) is 37.9 Å². The molecule has 0 spiro atoms. The average Bonchev–Trinajstić information content (AvgIpc) is 2.28. The fourth-order valence-electron chi connectivity index (χ4n) is 1.81. The van der Waals surface area contributed by atoms with Gasteiger partial charge in [-0.1, -0.05) is 12.1 Å². The van der Waals surface area contributed by atoms with E-state index in [2.05, 4.69) is 6.07 Å². The van der Waals surface area contributed by atoms with E-state index in [9.17, 15) is 9.50 Å². The Hall–Kier alpha value is -1.60. The smallest absolute Gasteiger partial charge is 0.146 e. The number of anilines is 1. The minimum atomic E-state index is -0.736. The highest BCUT2D eigenvalue weighted by Crippen LogP contribution is 2.28. The van der Waals surface area contributed by atoms with Crippen molar-refractivity contribution < 1.29 is 9.50 Å². The molecule has 0 aliphatic heterocycles. The Labute approximate surface area is 101 Å². The van der Waals surface area contributed by atoms with Gasteiger partial charge in [0.15, 0.2) is 0 Å². The van der Waals surface area contributed by atoms with E-state index in [1.165, 1.54) is 6.07 Å². The van der Waals surface area contributed by atoms with Crippen LogP contribution in [0.3, 0.4) is 0 Å². The van der Waals surface area contributed by atoms with E-state index in [4.69, 9.17) is 5.26 Å². The first-order valence-electron chi connectivity index (χ1n) is 5.54. The van der Waals surface area contributed by atoms with Gasteiger partial charge in [-0.05, 0) is 19.9 Å². The molecule has 0 amide bonds. The summed E-state index contributed by atoms with van der Waals surface area (Å²) in [6.45, 7) is 3.80. The summed E-state index contributed by atoms with van der Waals surface area (Å²) in [4.78, 5) is 1.67. The SMILES string of the molecule is CC(C#N)CN(C)c1c(F)cccc1[C@H](C)O. The fraction of sp³-hybridized carbons (Fsp3) is 0.462. The minimum Gasteiger partial charge on any atom is -0.389 e. The molecule has 4 heteroatoms. The Bertz CT molecular complexity index is 426. The Kier molecular flexibility index (Phi) is 4.47. The van der Waals surface area contributed by atoms with Crippen LogP contribution in [-0.2, 0) is 0 Å². The lowest BCUT2D eigenvalue weighted by atomic mass is 10.1. The summed E-state index contributed by atoms with van der Waals surface area (Å²) in [6.07, 6.45) is -0.736. The van der Waals surface area contributed by atoms with Gasteiger partial charge in [-0.3, -0.25) is 0 Å². The van der Waals surface area contributed by atoms with E-state index < -0.39 is 6.10 Å². The minimum absolute atomic E-state index is 0.193. The molecule has 1 aromatic rings. The van der Waals surface area contributed by atoms with Gasteiger partial charge < -0.3 is 10.0 Å². The maximum absolute atomic E-state index is 13.8. The van der Waals surface area contributed by atoms with E-state index >= 15 is 0 Å². The molecular formula is C13H17FN2O. The molecule has 0 heterocycles.